The fourth-order valence-electron chi connectivity index (χ4n) is 3.58. The van der Waals surface area contributed by atoms with Gasteiger partial charge in [-0.3, -0.25) is 9.48 Å². The van der Waals surface area contributed by atoms with Gasteiger partial charge in [0.05, 0.1) is 24.0 Å². The second kappa shape index (κ2) is 7.23. The van der Waals surface area contributed by atoms with E-state index in [0.717, 1.165) is 25.3 Å². The average molecular weight is 354 g/mol. The monoisotopic (exact) mass is 354 g/mol. The Balaban J connectivity index is 1.67. The number of aromatic nitrogens is 2. The molecule has 0 radical (unpaired) electrons. The van der Waals surface area contributed by atoms with Crippen molar-refractivity contribution in [3.8, 4) is 0 Å². The van der Waals surface area contributed by atoms with Crippen molar-refractivity contribution in [2.24, 2.45) is 0 Å². The molecule has 0 aromatic carbocycles. The zero-order valence-corrected chi connectivity index (χ0v) is 15.0. The van der Waals surface area contributed by atoms with Gasteiger partial charge in [-0.15, -0.1) is 0 Å². The summed E-state index contributed by atoms with van der Waals surface area (Å²) in [4.78, 5) is 16.7. The molecule has 1 aromatic heterocycles. The van der Waals surface area contributed by atoms with E-state index >= 15 is 0 Å². The standard InChI is InChI=1S/C16H26N4O3S/c1-24(22,23)10-6-16(21)19-12-14-5-7-17-20(14)15(13-19)11-18-8-3-2-4-9-18/h5,7,15H,2-4,6,8-13H2,1H3/t15-/m0/s1. The highest BCUT2D eigenvalue weighted by Gasteiger charge is 2.30. The van der Waals surface area contributed by atoms with Crippen LogP contribution in [0.25, 0.3) is 0 Å². The number of nitrogens with zero attached hydrogens (tertiary/aromatic N) is 4. The second-order valence-corrected chi connectivity index (χ2v) is 9.20. The molecule has 7 nitrogen and oxygen atoms in total. The van der Waals surface area contributed by atoms with E-state index in [1.807, 2.05) is 10.7 Å². The third-order valence-corrected chi connectivity index (χ3v) is 5.78. The van der Waals surface area contributed by atoms with Crippen LogP contribution in [0.3, 0.4) is 0 Å². The largest absolute Gasteiger partial charge is 0.335 e. The highest BCUT2D eigenvalue weighted by Crippen LogP contribution is 2.23. The number of carbonyl (C=O) groups excluding carboxylic acids is 1. The van der Waals surface area contributed by atoms with Crippen LogP contribution in [0, 0.1) is 0 Å². The van der Waals surface area contributed by atoms with Crippen LogP contribution >= 0.6 is 0 Å². The van der Waals surface area contributed by atoms with Crippen molar-refractivity contribution in [3.63, 3.8) is 0 Å². The summed E-state index contributed by atoms with van der Waals surface area (Å²) in [5.41, 5.74) is 1.02. The second-order valence-electron chi connectivity index (χ2n) is 6.94. The number of hydrogen-bond acceptors (Lipinski definition) is 5. The Kier molecular flexibility index (Phi) is 5.24. The fraction of sp³-hybridized carbons (Fsp3) is 0.750. The minimum absolute atomic E-state index is 0.0589. The van der Waals surface area contributed by atoms with Gasteiger partial charge in [0, 0.05) is 32.0 Å². The van der Waals surface area contributed by atoms with Gasteiger partial charge in [0.15, 0.2) is 0 Å². The van der Waals surface area contributed by atoms with Crippen molar-refractivity contribution in [1.29, 1.82) is 0 Å². The van der Waals surface area contributed by atoms with Crippen molar-refractivity contribution >= 4 is 15.7 Å². The number of carbonyl (C=O) groups is 1. The number of hydrogen-bond donors (Lipinski definition) is 0. The van der Waals surface area contributed by atoms with Crippen LogP contribution in [0.5, 0.6) is 0 Å². The van der Waals surface area contributed by atoms with Crippen molar-refractivity contribution in [2.45, 2.75) is 38.3 Å². The molecular weight excluding hydrogens is 328 g/mol. The zero-order valence-electron chi connectivity index (χ0n) is 14.2. The molecule has 2 aliphatic rings. The molecule has 3 rings (SSSR count). The Morgan fingerprint density at radius 1 is 1.29 bits per heavy atom. The SMILES string of the molecule is CS(=O)(=O)CCC(=O)N1Cc2ccnn2[C@@H](CN2CCCCC2)C1. The number of amides is 1. The molecule has 0 spiro atoms. The molecule has 2 aliphatic heterocycles. The quantitative estimate of drug-likeness (QED) is 0.778. The van der Waals surface area contributed by atoms with Gasteiger partial charge >= 0.3 is 0 Å². The summed E-state index contributed by atoms with van der Waals surface area (Å²) >= 11 is 0. The first-order valence-corrected chi connectivity index (χ1v) is 10.7. The number of sulfone groups is 1. The summed E-state index contributed by atoms with van der Waals surface area (Å²) in [7, 11) is -3.12. The van der Waals surface area contributed by atoms with E-state index in [-0.39, 0.29) is 24.1 Å². The molecule has 24 heavy (non-hydrogen) atoms. The molecule has 134 valence electrons. The van der Waals surface area contributed by atoms with Gasteiger partial charge in [-0.25, -0.2) is 8.42 Å². The number of likely N-dealkylation sites (tertiary alicyclic amines) is 1. The summed E-state index contributed by atoms with van der Waals surface area (Å²) in [5.74, 6) is -0.171. The Bertz CT molecular complexity index is 679. The maximum absolute atomic E-state index is 12.4. The summed E-state index contributed by atoms with van der Waals surface area (Å²) in [6, 6.07) is 2.09. The van der Waals surface area contributed by atoms with Crippen molar-refractivity contribution < 1.29 is 13.2 Å². The molecule has 3 heterocycles. The van der Waals surface area contributed by atoms with Crippen LogP contribution in [-0.2, 0) is 21.2 Å². The van der Waals surface area contributed by atoms with Gasteiger partial charge in [-0.2, -0.15) is 5.10 Å². The molecule has 0 N–H and O–H groups in total. The van der Waals surface area contributed by atoms with Crippen LogP contribution in [0.1, 0.15) is 37.4 Å². The first-order chi connectivity index (χ1) is 11.4. The van der Waals surface area contributed by atoms with E-state index in [4.69, 9.17) is 0 Å². The molecule has 1 amide bonds. The van der Waals surface area contributed by atoms with E-state index in [1.54, 1.807) is 11.1 Å². The molecule has 1 saturated heterocycles. The zero-order chi connectivity index (χ0) is 17.2. The molecule has 8 heteroatoms. The molecule has 1 aromatic rings. The number of piperidine rings is 1. The third kappa shape index (κ3) is 4.36. The Morgan fingerprint density at radius 2 is 2.04 bits per heavy atom. The van der Waals surface area contributed by atoms with Gasteiger partial charge in [-0.05, 0) is 32.0 Å². The summed E-state index contributed by atoms with van der Waals surface area (Å²) < 4.78 is 24.7. The van der Waals surface area contributed by atoms with Gasteiger partial charge < -0.3 is 9.80 Å². The van der Waals surface area contributed by atoms with Crippen molar-refractivity contribution in [2.75, 3.05) is 38.2 Å². The Labute approximate surface area is 143 Å². The van der Waals surface area contributed by atoms with Crippen molar-refractivity contribution in [1.82, 2.24) is 19.6 Å². The van der Waals surface area contributed by atoms with Crippen LogP contribution in [0.2, 0.25) is 0 Å². The van der Waals surface area contributed by atoms with E-state index in [2.05, 4.69) is 10.00 Å². The van der Waals surface area contributed by atoms with Gasteiger partial charge in [0.1, 0.15) is 9.84 Å². The molecule has 1 atom stereocenters. The lowest BCUT2D eigenvalue weighted by Crippen LogP contribution is -2.46. The van der Waals surface area contributed by atoms with Gasteiger partial charge in [0.25, 0.3) is 0 Å². The minimum atomic E-state index is -3.12. The Hall–Kier alpha value is -1.41. The molecule has 0 unspecified atom stereocenters. The fourth-order valence-corrected chi connectivity index (χ4v) is 4.13. The predicted molar refractivity (Wildman–Crippen MR) is 91.3 cm³/mol. The molecule has 1 fully saturated rings. The molecule has 0 saturated carbocycles. The number of rotatable bonds is 5. The normalized spacial score (nSPS) is 22.4. The van der Waals surface area contributed by atoms with Crippen molar-refractivity contribution in [3.05, 3.63) is 18.0 Å². The molecule has 0 bridgehead atoms. The molecule has 0 aliphatic carbocycles. The number of fused-ring (bicyclic) bond motifs is 1. The Morgan fingerprint density at radius 3 is 2.75 bits per heavy atom. The summed E-state index contributed by atoms with van der Waals surface area (Å²) in [5, 5.41) is 4.44. The highest BCUT2D eigenvalue weighted by molar-refractivity contribution is 7.90. The topological polar surface area (TPSA) is 75.5 Å². The summed E-state index contributed by atoms with van der Waals surface area (Å²) in [6.07, 6.45) is 6.77. The first kappa shape index (κ1) is 17.4. The maximum Gasteiger partial charge on any atom is 0.224 e. The van der Waals surface area contributed by atoms with E-state index < -0.39 is 9.84 Å². The highest BCUT2D eigenvalue weighted by atomic mass is 32.2. The van der Waals surface area contributed by atoms with E-state index in [9.17, 15) is 13.2 Å². The maximum atomic E-state index is 12.4. The summed E-state index contributed by atoms with van der Waals surface area (Å²) in [6.45, 7) is 4.22. The molecular formula is C16H26N4O3S. The lowest BCUT2D eigenvalue weighted by Gasteiger charge is -2.37. The van der Waals surface area contributed by atoms with Crippen LogP contribution < -0.4 is 0 Å². The van der Waals surface area contributed by atoms with E-state index in [1.165, 1.54) is 25.5 Å². The predicted octanol–water partition coefficient (Wildman–Crippen LogP) is 0.687. The lowest BCUT2D eigenvalue weighted by molar-refractivity contribution is -0.133. The van der Waals surface area contributed by atoms with Gasteiger partial charge in [0.2, 0.25) is 5.91 Å². The van der Waals surface area contributed by atoms with Crippen LogP contribution in [0.4, 0.5) is 0 Å². The van der Waals surface area contributed by atoms with Gasteiger partial charge in [-0.1, -0.05) is 6.42 Å². The minimum Gasteiger partial charge on any atom is -0.335 e. The lowest BCUT2D eigenvalue weighted by atomic mass is 10.1. The van der Waals surface area contributed by atoms with Crippen LogP contribution in [-0.4, -0.2) is 72.1 Å². The average Bonchev–Trinajstić information content (AvgIpc) is 3.01. The third-order valence-electron chi connectivity index (χ3n) is 4.84. The smallest absolute Gasteiger partial charge is 0.224 e. The van der Waals surface area contributed by atoms with E-state index in [0.29, 0.717) is 13.1 Å². The first-order valence-electron chi connectivity index (χ1n) is 8.62. The van der Waals surface area contributed by atoms with Crippen LogP contribution in [0.15, 0.2) is 12.3 Å².